The van der Waals surface area contributed by atoms with E-state index >= 15 is 0 Å². The quantitative estimate of drug-likeness (QED) is 0.271. The molecule has 9 heteroatoms. The highest BCUT2D eigenvalue weighted by Gasteiger charge is 2.26. The number of benzene rings is 1. The third-order valence-electron chi connectivity index (χ3n) is 4.62. The van der Waals surface area contributed by atoms with Gasteiger partial charge in [0.05, 0.1) is 18.3 Å². The zero-order valence-corrected chi connectivity index (χ0v) is 18.2. The van der Waals surface area contributed by atoms with Crippen LogP contribution in [0.15, 0.2) is 58.3 Å². The van der Waals surface area contributed by atoms with Crippen LogP contribution in [-0.4, -0.2) is 45.8 Å². The maximum atomic E-state index is 12.4. The third-order valence-corrected chi connectivity index (χ3v) is 4.62. The van der Waals surface area contributed by atoms with Crippen molar-refractivity contribution < 1.29 is 24.1 Å². The van der Waals surface area contributed by atoms with Gasteiger partial charge in [0.25, 0.3) is 5.89 Å². The number of ether oxygens (including phenoxy) is 1. The smallest absolute Gasteiger partial charge is 0.475 e. The lowest BCUT2D eigenvalue weighted by Crippen LogP contribution is -2.46. The summed E-state index contributed by atoms with van der Waals surface area (Å²) in [5.41, 5.74) is 1.65. The second-order valence-electron chi connectivity index (χ2n) is 6.93. The Hall–Kier alpha value is -2.91. The van der Waals surface area contributed by atoms with Crippen molar-refractivity contribution in [3.63, 3.8) is 0 Å². The Labute approximate surface area is 183 Å². The number of rotatable bonds is 12. The van der Waals surface area contributed by atoms with E-state index in [4.69, 9.17) is 9.26 Å². The molecule has 8 nitrogen and oxygen atoms in total. The molecule has 0 aliphatic rings. The molecule has 1 amide bonds. The summed E-state index contributed by atoms with van der Waals surface area (Å²) in [6.07, 6.45) is 5.08. The highest BCUT2D eigenvalue weighted by atomic mass is 16.5. The average Bonchev–Trinajstić information content (AvgIpc) is 3.25. The van der Waals surface area contributed by atoms with Crippen LogP contribution < -0.4 is 5.32 Å². The Morgan fingerprint density at radius 3 is 2.65 bits per heavy atom. The number of hydrogen-bond acceptors (Lipinski definition) is 7. The molecule has 0 saturated carbocycles. The molecule has 0 bridgehead atoms. The molecule has 2 rings (SSSR count). The first kappa shape index (κ1) is 24.4. The number of carbonyl (C=O) groups is 1. The van der Waals surface area contributed by atoms with Gasteiger partial charge >= 0.3 is 7.12 Å². The summed E-state index contributed by atoms with van der Waals surface area (Å²) in [5, 5.41) is 26.1. The van der Waals surface area contributed by atoms with E-state index in [2.05, 4.69) is 15.5 Å². The first-order valence-electron chi connectivity index (χ1n) is 10.5. The van der Waals surface area contributed by atoms with E-state index in [9.17, 15) is 14.8 Å². The second-order valence-corrected chi connectivity index (χ2v) is 6.93. The number of hydrogen-bond donors (Lipinski definition) is 3. The second kappa shape index (κ2) is 12.7. The molecule has 1 aromatic carbocycles. The molecule has 166 valence electrons. The van der Waals surface area contributed by atoms with Gasteiger partial charge in [-0.3, -0.25) is 4.79 Å². The van der Waals surface area contributed by atoms with E-state index in [1.54, 1.807) is 0 Å². The summed E-state index contributed by atoms with van der Waals surface area (Å²) in [5.74, 6) is 0.435. The lowest BCUT2D eigenvalue weighted by atomic mass is 9.75. The first-order valence-corrected chi connectivity index (χ1v) is 10.5. The number of amides is 1. The van der Waals surface area contributed by atoms with Crippen LogP contribution in [0, 0.1) is 0 Å². The maximum absolute atomic E-state index is 12.4. The van der Waals surface area contributed by atoms with Crippen molar-refractivity contribution >= 4 is 13.0 Å². The monoisotopic (exact) mass is 427 g/mol. The van der Waals surface area contributed by atoms with Gasteiger partial charge in [-0.15, -0.1) is 0 Å². The summed E-state index contributed by atoms with van der Waals surface area (Å²) in [4.78, 5) is 16.7. The molecule has 31 heavy (non-hydrogen) atoms. The largest absolute Gasteiger partial charge is 0.498 e. The summed E-state index contributed by atoms with van der Waals surface area (Å²) < 4.78 is 10.8. The Bertz CT molecular complexity index is 880. The minimum atomic E-state index is -1.70. The molecule has 1 atom stereocenters. The van der Waals surface area contributed by atoms with Crippen LogP contribution in [0.1, 0.15) is 45.9 Å². The number of aryl methyl sites for hydroxylation is 1. The molecule has 0 radical (unpaired) electrons. The van der Waals surface area contributed by atoms with Gasteiger partial charge in [0.2, 0.25) is 5.91 Å². The molecule has 0 aliphatic carbocycles. The van der Waals surface area contributed by atoms with Crippen molar-refractivity contribution in [2.24, 2.45) is 0 Å². The highest BCUT2D eigenvalue weighted by Crippen LogP contribution is 2.17. The third kappa shape index (κ3) is 8.03. The molecule has 0 unspecified atom stereocenters. The van der Waals surface area contributed by atoms with Crippen LogP contribution in [0.4, 0.5) is 0 Å². The van der Waals surface area contributed by atoms with Crippen LogP contribution >= 0.6 is 0 Å². The van der Waals surface area contributed by atoms with E-state index in [1.807, 2.05) is 63.3 Å². The number of nitrogens with zero attached hydrogens (tertiary/aromatic N) is 2. The molecule has 1 heterocycles. The normalized spacial score (nSPS) is 13.1. The van der Waals surface area contributed by atoms with Crippen molar-refractivity contribution in [2.75, 3.05) is 6.61 Å². The Balaban J connectivity index is 1.93. The van der Waals surface area contributed by atoms with Crippen LogP contribution in [-0.2, 0) is 16.0 Å². The van der Waals surface area contributed by atoms with E-state index in [0.29, 0.717) is 18.3 Å². The van der Waals surface area contributed by atoms with E-state index in [1.165, 1.54) is 0 Å². The molecule has 2 aromatic rings. The van der Waals surface area contributed by atoms with E-state index in [-0.39, 0.29) is 25.2 Å². The summed E-state index contributed by atoms with van der Waals surface area (Å²) in [6, 6.07) is 9.37. The molecule has 0 spiro atoms. The van der Waals surface area contributed by atoms with Crippen LogP contribution in [0.25, 0.3) is 11.5 Å². The first-order chi connectivity index (χ1) is 15.0. The zero-order valence-electron chi connectivity index (χ0n) is 18.2. The van der Waals surface area contributed by atoms with Crippen LogP contribution in [0.5, 0.6) is 0 Å². The van der Waals surface area contributed by atoms with E-state index < -0.39 is 13.1 Å². The van der Waals surface area contributed by atoms with Crippen LogP contribution in [0.2, 0.25) is 0 Å². The lowest BCUT2D eigenvalue weighted by molar-refractivity contribution is -0.121. The predicted octanol–water partition coefficient (Wildman–Crippen LogP) is 2.83. The van der Waals surface area contributed by atoms with Gasteiger partial charge in [-0.05, 0) is 44.1 Å². The summed E-state index contributed by atoms with van der Waals surface area (Å²) >= 11 is 0. The van der Waals surface area contributed by atoms with Gasteiger partial charge in [-0.2, -0.15) is 4.98 Å². The lowest BCUT2D eigenvalue weighted by Gasteiger charge is -2.19. The topological polar surface area (TPSA) is 118 Å². The van der Waals surface area contributed by atoms with Gasteiger partial charge in [0.15, 0.2) is 5.82 Å². The Morgan fingerprint density at radius 2 is 2.03 bits per heavy atom. The van der Waals surface area contributed by atoms with E-state index in [0.717, 1.165) is 23.3 Å². The predicted molar refractivity (Wildman–Crippen MR) is 119 cm³/mol. The maximum Gasteiger partial charge on any atom is 0.475 e. The average molecular weight is 427 g/mol. The number of nitrogens with one attached hydrogen (secondary N) is 1. The SMILES string of the molecule is C/C=C(\C=C(/CC)OCC)C[C@H](NC(=O)CCc1noc(-c2ccccc2)n1)B(O)O. The number of aromatic nitrogens is 2. The van der Waals surface area contributed by atoms with Crippen molar-refractivity contribution in [1.82, 2.24) is 15.5 Å². The van der Waals surface area contributed by atoms with Crippen LogP contribution in [0.3, 0.4) is 0 Å². The molecule has 0 fully saturated rings. The molecule has 0 aliphatic heterocycles. The van der Waals surface area contributed by atoms with Crippen molar-refractivity contribution in [2.45, 2.75) is 52.4 Å². The number of allylic oxidation sites excluding steroid dienone is 3. The van der Waals surface area contributed by atoms with Gasteiger partial charge < -0.3 is 24.6 Å². The standard InChI is InChI=1S/C22H30BN3O5/c1-4-16(14-18(5-2)30-6-3)15-19(23(28)29)24-21(27)13-12-20-25-22(31-26-20)17-10-8-7-9-11-17/h4,7-11,14,19,28-29H,5-6,12-13,15H2,1-3H3,(H,24,27)/b16-4+,18-14+/t19-/m0/s1. The summed E-state index contributed by atoms with van der Waals surface area (Å²) in [6.45, 7) is 6.30. The minimum Gasteiger partial charge on any atom is -0.498 e. The molecule has 3 N–H and O–H groups in total. The number of carbonyl (C=O) groups excluding carboxylic acids is 1. The zero-order chi connectivity index (χ0) is 22.6. The Morgan fingerprint density at radius 1 is 1.29 bits per heavy atom. The van der Waals surface area contributed by atoms with Crippen molar-refractivity contribution in [3.8, 4) is 11.5 Å². The molecule has 1 aromatic heterocycles. The van der Waals surface area contributed by atoms with Gasteiger partial charge in [-0.25, -0.2) is 0 Å². The minimum absolute atomic E-state index is 0.0944. The summed E-state index contributed by atoms with van der Waals surface area (Å²) in [7, 11) is -1.70. The van der Waals surface area contributed by atoms with Crippen molar-refractivity contribution in [1.29, 1.82) is 0 Å². The van der Waals surface area contributed by atoms with Gasteiger partial charge in [0, 0.05) is 24.8 Å². The fourth-order valence-electron chi connectivity index (χ4n) is 2.94. The Kier molecular flexibility index (Phi) is 9.99. The molecular formula is C22H30BN3O5. The van der Waals surface area contributed by atoms with Gasteiger partial charge in [-0.1, -0.05) is 36.4 Å². The molecule has 0 saturated heterocycles. The fourth-order valence-corrected chi connectivity index (χ4v) is 2.94. The highest BCUT2D eigenvalue weighted by molar-refractivity contribution is 6.43. The van der Waals surface area contributed by atoms with Crippen molar-refractivity contribution in [3.05, 3.63) is 59.6 Å². The van der Waals surface area contributed by atoms with Gasteiger partial charge in [0.1, 0.15) is 0 Å². The molecular weight excluding hydrogens is 397 g/mol. The fraction of sp³-hybridized carbons (Fsp3) is 0.409.